The van der Waals surface area contributed by atoms with Crippen LogP contribution >= 0.6 is 23.1 Å². The molecule has 1 saturated heterocycles. The monoisotopic (exact) mass is 412 g/mol. The van der Waals surface area contributed by atoms with Crippen LogP contribution in [0, 0.1) is 6.92 Å². The van der Waals surface area contributed by atoms with Gasteiger partial charge in [0.15, 0.2) is 5.16 Å². The number of para-hydroxylation sites is 1. The Morgan fingerprint density at radius 3 is 2.82 bits per heavy atom. The minimum Gasteiger partial charge on any atom is -0.465 e. The molecule has 5 rings (SSSR count). The Labute approximate surface area is 170 Å². The zero-order valence-corrected chi connectivity index (χ0v) is 17.2. The minimum atomic E-state index is -0.311. The highest BCUT2D eigenvalue weighted by atomic mass is 32.2. The zero-order valence-electron chi connectivity index (χ0n) is 15.6. The van der Waals surface area contributed by atoms with Gasteiger partial charge in [-0.15, -0.1) is 11.3 Å². The third-order valence-corrected chi connectivity index (χ3v) is 7.83. The average molecular weight is 413 g/mol. The predicted molar refractivity (Wildman–Crippen MR) is 112 cm³/mol. The maximum absolute atomic E-state index is 13.7. The molecule has 1 aromatic carbocycles. The van der Waals surface area contributed by atoms with Crippen LogP contribution in [0.2, 0.25) is 0 Å². The standard InChI is InChI=1S/C21H20N2O3S2/c1-12-6-2-4-8-14(12)23-19(24)17-13-7-3-5-9-15(13)27-18(17)22-21(23)28-16-10-11-26-20(16)25/h2,4,6,8,16H,3,5,7,9-11H2,1H3/t16-/m0/s1. The number of benzene rings is 1. The van der Waals surface area contributed by atoms with E-state index in [4.69, 9.17) is 9.72 Å². The second kappa shape index (κ2) is 7.04. The summed E-state index contributed by atoms with van der Waals surface area (Å²) in [6, 6.07) is 7.83. The van der Waals surface area contributed by atoms with E-state index in [-0.39, 0.29) is 16.8 Å². The van der Waals surface area contributed by atoms with Gasteiger partial charge in [-0.3, -0.25) is 14.2 Å². The molecule has 2 aliphatic rings. The summed E-state index contributed by atoms with van der Waals surface area (Å²) in [5.74, 6) is -0.221. The summed E-state index contributed by atoms with van der Waals surface area (Å²) in [6.45, 7) is 2.42. The van der Waals surface area contributed by atoms with Crippen molar-refractivity contribution in [2.75, 3.05) is 6.61 Å². The maximum atomic E-state index is 13.7. The summed E-state index contributed by atoms with van der Waals surface area (Å²) in [5.41, 5.74) is 2.99. The van der Waals surface area contributed by atoms with Crippen LogP contribution in [-0.4, -0.2) is 27.4 Å². The SMILES string of the molecule is Cc1ccccc1-n1c(S[C@H]2CCOC2=O)nc2sc3c(c2c1=O)CCCC3. The first-order chi connectivity index (χ1) is 13.6. The molecule has 1 aliphatic heterocycles. The molecule has 2 aromatic heterocycles. The second-order valence-corrected chi connectivity index (χ2v) is 9.53. The fraction of sp³-hybridized carbons (Fsp3) is 0.381. The van der Waals surface area contributed by atoms with Gasteiger partial charge in [0.25, 0.3) is 5.56 Å². The smallest absolute Gasteiger partial charge is 0.319 e. The number of cyclic esters (lactones) is 1. The maximum Gasteiger partial charge on any atom is 0.319 e. The number of hydrogen-bond donors (Lipinski definition) is 0. The van der Waals surface area contributed by atoms with Crippen LogP contribution in [0.25, 0.3) is 15.9 Å². The minimum absolute atomic E-state index is 0.0208. The number of aromatic nitrogens is 2. The van der Waals surface area contributed by atoms with E-state index < -0.39 is 0 Å². The number of ether oxygens (including phenoxy) is 1. The first-order valence-corrected chi connectivity index (χ1v) is 11.3. The highest BCUT2D eigenvalue weighted by Gasteiger charge is 2.31. The number of thiophene rings is 1. The summed E-state index contributed by atoms with van der Waals surface area (Å²) in [4.78, 5) is 32.7. The molecule has 1 aliphatic carbocycles. The van der Waals surface area contributed by atoms with Gasteiger partial charge in [-0.2, -0.15) is 0 Å². The zero-order chi connectivity index (χ0) is 19.3. The molecule has 0 amide bonds. The molecular weight excluding hydrogens is 392 g/mol. The first-order valence-electron chi connectivity index (χ1n) is 9.60. The number of thioether (sulfide) groups is 1. The van der Waals surface area contributed by atoms with Crippen LogP contribution in [0.1, 0.15) is 35.3 Å². The molecule has 0 bridgehead atoms. The number of fused-ring (bicyclic) bond motifs is 3. The van der Waals surface area contributed by atoms with Gasteiger partial charge in [0.2, 0.25) is 0 Å². The van der Waals surface area contributed by atoms with Crippen molar-refractivity contribution >= 4 is 39.3 Å². The molecule has 5 nitrogen and oxygen atoms in total. The first kappa shape index (κ1) is 17.9. The van der Waals surface area contributed by atoms with Gasteiger partial charge in [-0.1, -0.05) is 30.0 Å². The molecule has 7 heteroatoms. The Balaban J connectivity index is 1.77. The lowest BCUT2D eigenvalue weighted by Crippen LogP contribution is -2.24. The molecule has 1 atom stereocenters. The van der Waals surface area contributed by atoms with E-state index >= 15 is 0 Å². The van der Waals surface area contributed by atoms with E-state index in [0.29, 0.717) is 18.2 Å². The van der Waals surface area contributed by atoms with E-state index in [1.165, 1.54) is 28.6 Å². The Kier molecular flexibility index (Phi) is 4.51. The molecule has 144 valence electrons. The van der Waals surface area contributed by atoms with Gasteiger partial charge < -0.3 is 4.74 Å². The van der Waals surface area contributed by atoms with Gasteiger partial charge in [0.05, 0.1) is 17.7 Å². The number of esters is 1. The Bertz CT molecular complexity index is 1150. The van der Waals surface area contributed by atoms with E-state index in [1.54, 1.807) is 15.9 Å². The number of aryl methyl sites for hydroxylation is 3. The summed E-state index contributed by atoms with van der Waals surface area (Å²) in [7, 11) is 0. The fourth-order valence-corrected chi connectivity index (χ4v) is 6.38. The van der Waals surface area contributed by atoms with Gasteiger partial charge >= 0.3 is 5.97 Å². The Morgan fingerprint density at radius 2 is 2.04 bits per heavy atom. The summed E-state index contributed by atoms with van der Waals surface area (Å²) < 4.78 is 6.82. The number of carbonyl (C=O) groups excluding carboxylic acids is 1. The number of rotatable bonds is 3. The summed E-state index contributed by atoms with van der Waals surface area (Å²) in [6.07, 6.45) is 4.90. The van der Waals surface area contributed by atoms with Crippen LogP contribution in [0.15, 0.2) is 34.2 Å². The van der Waals surface area contributed by atoms with Crippen molar-refractivity contribution in [3.05, 3.63) is 50.6 Å². The highest BCUT2D eigenvalue weighted by molar-refractivity contribution is 8.00. The molecule has 0 unspecified atom stereocenters. The molecule has 28 heavy (non-hydrogen) atoms. The summed E-state index contributed by atoms with van der Waals surface area (Å²) >= 11 is 2.99. The lowest BCUT2D eigenvalue weighted by atomic mass is 9.97. The molecule has 0 saturated carbocycles. The van der Waals surface area contributed by atoms with Crippen LogP contribution in [0.5, 0.6) is 0 Å². The van der Waals surface area contributed by atoms with E-state index in [1.807, 2.05) is 31.2 Å². The topological polar surface area (TPSA) is 61.2 Å². The van der Waals surface area contributed by atoms with Crippen molar-refractivity contribution in [1.29, 1.82) is 0 Å². The van der Waals surface area contributed by atoms with Crippen LogP contribution < -0.4 is 5.56 Å². The van der Waals surface area contributed by atoms with Gasteiger partial charge in [-0.05, 0) is 49.8 Å². The van der Waals surface area contributed by atoms with Crippen molar-refractivity contribution in [2.45, 2.75) is 49.4 Å². The predicted octanol–water partition coefficient (Wildman–Crippen LogP) is 4.04. The number of nitrogens with zero attached hydrogens (tertiary/aromatic N) is 2. The lowest BCUT2D eigenvalue weighted by Gasteiger charge is -2.16. The Morgan fingerprint density at radius 1 is 1.21 bits per heavy atom. The summed E-state index contributed by atoms with van der Waals surface area (Å²) in [5, 5.41) is 1.03. The van der Waals surface area contributed by atoms with Crippen LogP contribution in [0.4, 0.5) is 0 Å². The third-order valence-electron chi connectivity index (χ3n) is 5.45. The third kappa shape index (κ3) is 2.88. The fourth-order valence-electron chi connectivity index (χ4n) is 4.00. The molecule has 3 aromatic rings. The van der Waals surface area contributed by atoms with Crippen molar-refractivity contribution in [3.63, 3.8) is 0 Å². The number of carbonyl (C=O) groups is 1. The van der Waals surface area contributed by atoms with E-state index in [0.717, 1.165) is 40.7 Å². The van der Waals surface area contributed by atoms with Gasteiger partial charge in [0, 0.05) is 11.3 Å². The quantitative estimate of drug-likeness (QED) is 0.480. The van der Waals surface area contributed by atoms with Crippen molar-refractivity contribution in [2.24, 2.45) is 0 Å². The second-order valence-electron chi connectivity index (χ2n) is 7.28. The molecule has 0 N–H and O–H groups in total. The van der Waals surface area contributed by atoms with Gasteiger partial charge in [0.1, 0.15) is 10.1 Å². The molecule has 0 spiro atoms. The van der Waals surface area contributed by atoms with Crippen molar-refractivity contribution < 1.29 is 9.53 Å². The van der Waals surface area contributed by atoms with Gasteiger partial charge in [-0.25, -0.2) is 4.98 Å². The van der Waals surface area contributed by atoms with E-state index in [2.05, 4.69) is 0 Å². The largest absolute Gasteiger partial charge is 0.465 e. The average Bonchev–Trinajstić information content (AvgIpc) is 3.26. The van der Waals surface area contributed by atoms with Crippen molar-refractivity contribution in [1.82, 2.24) is 9.55 Å². The molecule has 3 heterocycles. The Hall–Kier alpha value is -2.12. The lowest BCUT2D eigenvalue weighted by molar-refractivity contribution is -0.137. The van der Waals surface area contributed by atoms with Crippen LogP contribution in [0.3, 0.4) is 0 Å². The van der Waals surface area contributed by atoms with Crippen molar-refractivity contribution in [3.8, 4) is 5.69 Å². The molecule has 0 radical (unpaired) electrons. The number of hydrogen-bond acceptors (Lipinski definition) is 6. The molecular formula is C21H20N2O3S2. The molecule has 1 fully saturated rings. The van der Waals surface area contributed by atoms with E-state index in [9.17, 15) is 9.59 Å². The highest BCUT2D eigenvalue weighted by Crippen LogP contribution is 2.37. The van der Waals surface area contributed by atoms with Crippen LogP contribution in [-0.2, 0) is 22.4 Å². The normalized spacial score (nSPS) is 19.0.